The van der Waals surface area contributed by atoms with Crippen molar-refractivity contribution in [1.29, 1.82) is 0 Å². The van der Waals surface area contributed by atoms with Gasteiger partial charge in [0.1, 0.15) is 34.5 Å². The second kappa shape index (κ2) is 11.8. The highest BCUT2D eigenvalue weighted by Gasteiger charge is 2.29. The highest BCUT2D eigenvalue weighted by molar-refractivity contribution is 6.32. The van der Waals surface area contributed by atoms with Gasteiger partial charge in [-0.3, -0.25) is 14.3 Å². The lowest BCUT2D eigenvalue weighted by molar-refractivity contribution is -0.0498. The predicted molar refractivity (Wildman–Crippen MR) is 137 cm³/mol. The zero-order chi connectivity index (χ0) is 29.1. The molecule has 40 heavy (non-hydrogen) atoms. The number of hydrogen-bond donors (Lipinski definition) is 1. The molecule has 0 radical (unpaired) electrons. The lowest BCUT2D eigenvalue weighted by Crippen LogP contribution is -2.24. The molecule has 0 spiro atoms. The average molecular weight is 581 g/mol. The third-order valence-corrected chi connectivity index (χ3v) is 6.01. The normalized spacial score (nSPS) is 11.1. The van der Waals surface area contributed by atoms with E-state index in [4.69, 9.17) is 21.1 Å². The van der Waals surface area contributed by atoms with E-state index >= 15 is 8.78 Å². The maximum absolute atomic E-state index is 15.2. The topological polar surface area (TPSA) is 96.6 Å². The Kier molecular flexibility index (Phi) is 8.45. The first-order chi connectivity index (χ1) is 19.0. The number of nitrogens with zero attached hydrogens (tertiary/aromatic N) is 3. The summed E-state index contributed by atoms with van der Waals surface area (Å²) in [7, 11) is 3.99. The van der Waals surface area contributed by atoms with Gasteiger partial charge in [0.05, 0.1) is 30.0 Å². The average Bonchev–Trinajstić information content (AvgIpc) is 3.13. The summed E-state index contributed by atoms with van der Waals surface area (Å²) in [5, 5.41) is 2.41. The largest absolute Gasteiger partial charge is 0.497 e. The first kappa shape index (κ1) is 28.6. The molecular weight excluding hydrogens is 560 g/mol. The number of rotatable bonds is 9. The summed E-state index contributed by atoms with van der Waals surface area (Å²) >= 11 is 6.34. The Morgan fingerprint density at radius 1 is 1.05 bits per heavy atom. The Labute approximate surface area is 229 Å². The van der Waals surface area contributed by atoms with Crippen molar-refractivity contribution in [2.24, 2.45) is 7.05 Å². The second-order valence-electron chi connectivity index (χ2n) is 8.23. The number of nitrogens with one attached hydrogen (secondary N) is 1. The summed E-state index contributed by atoms with van der Waals surface area (Å²) in [6, 6.07) is 9.46. The molecule has 0 aliphatic heterocycles. The van der Waals surface area contributed by atoms with E-state index in [-0.39, 0.29) is 40.2 Å². The van der Waals surface area contributed by atoms with E-state index in [1.54, 1.807) is 6.07 Å². The molecule has 9 nitrogen and oxygen atoms in total. The Morgan fingerprint density at radius 3 is 2.27 bits per heavy atom. The van der Waals surface area contributed by atoms with E-state index in [9.17, 15) is 18.4 Å². The zero-order valence-electron chi connectivity index (χ0n) is 21.2. The van der Waals surface area contributed by atoms with Gasteiger partial charge in [-0.25, -0.2) is 13.8 Å². The van der Waals surface area contributed by atoms with Gasteiger partial charge < -0.3 is 19.5 Å². The Bertz CT molecular complexity index is 1600. The maximum atomic E-state index is 15.2. The Morgan fingerprint density at radius 2 is 1.70 bits per heavy atom. The van der Waals surface area contributed by atoms with E-state index in [1.807, 2.05) is 0 Å². The Hall–Kier alpha value is -4.36. The smallest absolute Gasteiger partial charge is 0.387 e. The van der Waals surface area contributed by atoms with Crippen LogP contribution in [0.3, 0.4) is 0 Å². The third kappa shape index (κ3) is 5.65. The van der Waals surface area contributed by atoms with Crippen molar-refractivity contribution in [3.8, 4) is 28.6 Å². The number of carbonyl (C=O) groups is 1. The summed E-state index contributed by atoms with van der Waals surface area (Å²) in [6.07, 6.45) is 0. The lowest BCUT2D eigenvalue weighted by Gasteiger charge is -2.14. The molecule has 0 saturated carbocycles. The molecule has 4 aromatic rings. The van der Waals surface area contributed by atoms with Crippen LogP contribution in [0.4, 0.5) is 23.2 Å². The van der Waals surface area contributed by atoms with Crippen molar-refractivity contribution in [1.82, 2.24) is 14.3 Å². The molecule has 210 valence electrons. The first-order valence-electron chi connectivity index (χ1n) is 11.4. The number of halogens is 5. The number of alkyl halides is 2. The fourth-order valence-electron chi connectivity index (χ4n) is 3.96. The summed E-state index contributed by atoms with van der Waals surface area (Å²) in [4.78, 5) is 31.1. The van der Waals surface area contributed by atoms with Crippen molar-refractivity contribution < 1.29 is 36.6 Å². The van der Waals surface area contributed by atoms with Gasteiger partial charge in [0.2, 0.25) is 0 Å². The van der Waals surface area contributed by atoms with E-state index in [1.165, 1.54) is 39.5 Å². The molecule has 0 bridgehead atoms. The van der Waals surface area contributed by atoms with Crippen molar-refractivity contribution in [2.75, 3.05) is 19.5 Å². The van der Waals surface area contributed by atoms with E-state index < -0.39 is 41.0 Å². The number of hydrogen-bond acceptors (Lipinski definition) is 6. The van der Waals surface area contributed by atoms with Gasteiger partial charge in [0.15, 0.2) is 5.82 Å². The second-order valence-corrected chi connectivity index (χ2v) is 8.64. The number of aromatic nitrogens is 3. The van der Waals surface area contributed by atoms with Crippen LogP contribution in [0.25, 0.3) is 17.1 Å². The molecule has 0 aliphatic rings. The molecule has 14 heteroatoms. The number of pyridine rings is 1. The summed E-state index contributed by atoms with van der Waals surface area (Å²) in [5.74, 6) is -3.44. The molecule has 1 amide bonds. The van der Waals surface area contributed by atoms with Crippen LogP contribution in [0, 0.1) is 11.6 Å². The van der Waals surface area contributed by atoms with Crippen molar-refractivity contribution in [3.63, 3.8) is 0 Å². The summed E-state index contributed by atoms with van der Waals surface area (Å²) in [5.41, 5.74) is -2.06. The number of methoxy groups -OCH3 is 2. The number of anilines is 1. The van der Waals surface area contributed by atoms with Crippen LogP contribution in [-0.4, -0.2) is 41.1 Å². The van der Waals surface area contributed by atoms with Gasteiger partial charge in [0, 0.05) is 31.9 Å². The quantitative estimate of drug-likeness (QED) is 0.274. The van der Waals surface area contributed by atoms with Crippen LogP contribution in [0.2, 0.25) is 5.02 Å². The van der Waals surface area contributed by atoms with E-state index in [0.717, 1.165) is 33.6 Å². The molecule has 0 unspecified atom stereocenters. The number of carbonyl (C=O) groups excluding carboxylic acids is 1. The molecule has 0 atom stereocenters. The van der Waals surface area contributed by atoms with Gasteiger partial charge >= 0.3 is 6.61 Å². The molecule has 2 heterocycles. The molecular formula is C26H21ClF4N4O5. The molecule has 0 saturated heterocycles. The summed E-state index contributed by atoms with van der Waals surface area (Å²) in [6.45, 7) is -2.99. The molecule has 1 N–H and O–H groups in total. The minimum atomic E-state index is -3.07. The zero-order valence-corrected chi connectivity index (χ0v) is 21.9. The van der Waals surface area contributed by atoms with Crippen molar-refractivity contribution >= 4 is 23.2 Å². The van der Waals surface area contributed by atoms with E-state index in [2.05, 4.69) is 15.0 Å². The third-order valence-electron chi connectivity index (χ3n) is 5.71. The van der Waals surface area contributed by atoms with Gasteiger partial charge in [-0.15, -0.1) is 0 Å². The number of benzene rings is 2. The van der Waals surface area contributed by atoms with Crippen LogP contribution in [-0.2, 0) is 18.4 Å². The molecule has 4 rings (SSSR count). The highest BCUT2D eigenvalue weighted by Crippen LogP contribution is 2.35. The number of amides is 1. The van der Waals surface area contributed by atoms with Crippen LogP contribution in [0.15, 0.2) is 53.3 Å². The molecule has 0 fully saturated rings. The maximum Gasteiger partial charge on any atom is 0.387 e. The van der Waals surface area contributed by atoms with Crippen molar-refractivity contribution in [2.45, 2.75) is 13.2 Å². The Balaban J connectivity index is 1.90. The fraction of sp³-hybridized carbons (Fsp3) is 0.192. The number of ether oxygens (including phenoxy) is 3. The minimum absolute atomic E-state index is 0.0253. The van der Waals surface area contributed by atoms with Crippen molar-refractivity contribution in [3.05, 3.63) is 86.8 Å². The van der Waals surface area contributed by atoms with Crippen LogP contribution >= 0.6 is 11.6 Å². The van der Waals surface area contributed by atoms with Crippen LogP contribution in [0.5, 0.6) is 11.5 Å². The van der Waals surface area contributed by atoms with Gasteiger partial charge in [-0.1, -0.05) is 11.6 Å². The predicted octanol–water partition coefficient (Wildman–Crippen LogP) is 5.18. The molecule has 2 aromatic carbocycles. The SMILES string of the molecule is COCc1ccc(Cl)c(-n2c(=O)c(NC(=O)c3ccc(OC(F)F)cc3)c(-c3c(F)cc(OC)cc3F)n2C)n1. The molecule has 0 aliphatic carbocycles. The van der Waals surface area contributed by atoms with Gasteiger partial charge in [-0.2, -0.15) is 13.5 Å². The highest BCUT2D eigenvalue weighted by atomic mass is 35.5. The standard InChI is InChI=1S/C26H21ClF4N4O5/c1-34-22(20-18(28)10-16(39-3)11-19(20)29)21(33-24(36)13-4-7-15(8-5-13)40-26(30)31)25(37)35(34)23-17(27)9-6-14(32-23)12-38-2/h4-11,26H,12H2,1-3H3,(H,33,36). The van der Waals surface area contributed by atoms with Gasteiger partial charge in [0.25, 0.3) is 11.5 Å². The van der Waals surface area contributed by atoms with E-state index in [0.29, 0.717) is 5.69 Å². The minimum Gasteiger partial charge on any atom is -0.497 e. The van der Waals surface area contributed by atoms with Gasteiger partial charge in [-0.05, 0) is 36.4 Å². The van der Waals surface area contributed by atoms with Crippen LogP contribution < -0.4 is 20.3 Å². The summed E-state index contributed by atoms with van der Waals surface area (Å²) < 4.78 is 71.7. The fourth-order valence-corrected chi connectivity index (χ4v) is 4.14. The molecule has 2 aromatic heterocycles. The van der Waals surface area contributed by atoms with Crippen LogP contribution in [0.1, 0.15) is 16.1 Å². The first-order valence-corrected chi connectivity index (χ1v) is 11.8. The lowest BCUT2D eigenvalue weighted by atomic mass is 10.1. The monoisotopic (exact) mass is 580 g/mol.